The lowest BCUT2D eigenvalue weighted by Gasteiger charge is -2.12. The highest BCUT2D eigenvalue weighted by Crippen LogP contribution is 2.24. The molecule has 1 unspecified atom stereocenters. The van der Waals surface area contributed by atoms with Crippen molar-refractivity contribution >= 4 is 18.1 Å². The van der Waals surface area contributed by atoms with E-state index in [9.17, 15) is 15.0 Å². The van der Waals surface area contributed by atoms with Gasteiger partial charge in [-0.2, -0.15) is 0 Å². The van der Waals surface area contributed by atoms with Gasteiger partial charge in [0.2, 0.25) is 0 Å². The third-order valence-electron chi connectivity index (χ3n) is 4.26. The van der Waals surface area contributed by atoms with Crippen LogP contribution in [0.15, 0.2) is 29.5 Å². The molecule has 0 radical (unpaired) electrons. The molecule has 8 nitrogen and oxygen atoms in total. The molecule has 3 N–H and O–H groups in total. The van der Waals surface area contributed by atoms with Gasteiger partial charge in [0.05, 0.1) is 38.0 Å². The molecule has 0 spiro atoms. The van der Waals surface area contributed by atoms with Crippen LogP contribution in [0.1, 0.15) is 40.2 Å². The molecule has 1 atom stereocenters. The minimum atomic E-state index is -0.738. The summed E-state index contributed by atoms with van der Waals surface area (Å²) >= 11 is 0. The number of aliphatic hydroxyl groups excluding tert-OH is 2. The molecule has 1 aromatic carbocycles. The van der Waals surface area contributed by atoms with Crippen molar-refractivity contribution in [3.63, 3.8) is 0 Å². The average Bonchev–Trinajstić information content (AvgIpc) is 2.97. The highest BCUT2D eigenvalue weighted by Gasteiger charge is 2.20. The van der Waals surface area contributed by atoms with Crippen LogP contribution in [-0.2, 0) is 24.3 Å². The third-order valence-corrected chi connectivity index (χ3v) is 4.26. The summed E-state index contributed by atoms with van der Waals surface area (Å²) < 4.78 is 6.92. The molecule has 2 aromatic rings. The fourth-order valence-corrected chi connectivity index (χ4v) is 2.91. The SMILES string of the molecule is CCOC(=O)c1ccc(CO)c(CCn2cnc3c2NC=NCC3O)c1. The second kappa shape index (κ2) is 8.11. The minimum Gasteiger partial charge on any atom is -0.462 e. The lowest BCUT2D eigenvalue weighted by Crippen LogP contribution is -2.10. The lowest BCUT2D eigenvalue weighted by atomic mass is 10.0. The average molecular weight is 358 g/mol. The summed E-state index contributed by atoms with van der Waals surface area (Å²) in [5.41, 5.74) is 2.65. The molecular formula is C18H22N4O4. The van der Waals surface area contributed by atoms with Crippen LogP contribution in [0, 0.1) is 0 Å². The van der Waals surface area contributed by atoms with Gasteiger partial charge < -0.3 is 24.8 Å². The number of aromatic nitrogens is 2. The minimum absolute atomic E-state index is 0.107. The summed E-state index contributed by atoms with van der Waals surface area (Å²) in [7, 11) is 0. The zero-order chi connectivity index (χ0) is 18.5. The topological polar surface area (TPSA) is 109 Å². The largest absolute Gasteiger partial charge is 0.462 e. The Morgan fingerprint density at radius 3 is 3.04 bits per heavy atom. The molecule has 1 aromatic heterocycles. The molecule has 0 bridgehead atoms. The number of nitrogens with one attached hydrogen (secondary N) is 1. The Kier molecular flexibility index (Phi) is 5.65. The van der Waals surface area contributed by atoms with E-state index in [4.69, 9.17) is 4.74 Å². The van der Waals surface area contributed by atoms with Crippen LogP contribution >= 0.6 is 0 Å². The maximum absolute atomic E-state index is 11.9. The highest BCUT2D eigenvalue weighted by molar-refractivity contribution is 5.89. The first-order chi connectivity index (χ1) is 12.6. The number of hydrogen-bond donors (Lipinski definition) is 3. The number of anilines is 1. The number of aliphatic imine (C=N–C) groups is 1. The molecule has 0 saturated carbocycles. The molecule has 0 fully saturated rings. The summed E-state index contributed by atoms with van der Waals surface area (Å²) in [6, 6.07) is 5.15. The zero-order valence-electron chi connectivity index (χ0n) is 14.6. The van der Waals surface area contributed by atoms with Gasteiger partial charge in [-0.25, -0.2) is 9.78 Å². The van der Waals surface area contributed by atoms with Gasteiger partial charge in [-0.1, -0.05) is 6.07 Å². The Labute approximate surface area is 151 Å². The first-order valence-electron chi connectivity index (χ1n) is 8.51. The molecule has 138 valence electrons. The standard InChI is InChI=1S/C18H22N4O4/c1-2-26-18(25)13-3-4-14(9-23)12(7-13)5-6-22-11-21-16-15(24)8-19-10-20-17(16)22/h3-4,7,10-11,15,23-24H,2,5-6,8-9H2,1H3,(H,19,20). The molecule has 26 heavy (non-hydrogen) atoms. The number of aliphatic hydroxyl groups is 2. The van der Waals surface area contributed by atoms with Crippen molar-refractivity contribution in [2.75, 3.05) is 18.5 Å². The van der Waals surface area contributed by atoms with E-state index in [-0.39, 0.29) is 19.1 Å². The second-order valence-corrected chi connectivity index (χ2v) is 5.94. The van der Waals surface area contributed by atoms with E-state index in [0.29, 0.717) is 36.6 Å². The molecule has 3 rings (SSSR count). The van der Waals surface area contributed by atoms with Crippen molar-refractivity contribution in [3.8, 4) is 0 Å². The van der Waals surface area contributed by atoms with E-state index in [1.807, 2.05) is 4.57 Å². The summed E-state index contributed by atoms with van der Waals surface area (Å²) in [4.78, 5) is 20.3. The Bertz CT molecular complexity index is 816. The Hall–Kier alpha value is -2.71. The van der Waals surface area contributed by atoms with Gasteiger partial charge in [-0.05, 0) is 36.6 Å². The second-order valence-electron chi connectivity index (χ2n) is 5.94. The molecule has 8 heteroatoms. The third kappa shape index (κ3) is 3.76. The van der Waals surface area contributed by atoms with Gasteiger partial charge in [0.1, 0.15) is 17.6 Å². The fraction of sp³-hybridized carbons (Fsp3) is 0.389. The zero-order valence-corrected chi connectivity index (χ0v) is 14.6. The summed E-state index contributed by atoms with van der Waals surface area (Å²) in [6.07, 6.45) is 3.06. The number of carbonyl (C=O) groups excluding carboxylic acids is 1. The van der Waals surface area contributed by atoms with Crippen LogP contribution in [0.4, 0.5) is 5.82 Å². The number of nitrogens with zero attached hydrogens (tertiary/aromatic N) is 3. The van der Waals surface area contributed by atoms with Crippen LogP contribution in [0.5, 0.6) is 0 Å². The van der Waals surface area contributed by atoms with E-state index in [2.05, 4.69) is 15.3 Å². The number of rotatable bonds is 6. The van der Waals surface area contributed by atoms with Gasteiger partial charge in [-0.3, -0.25) is 4.99 Å². The summed E-state index contributed by atoms with van der Waals surface area (Å²) in [5.74, 6) is 0.321. The van der Waals surface area contributed by atoms with Crippen LogP contribution in [0.25, 0.3) is 0 Å². The Morgan fingerprint density at radius 1 is 1.42 bits per heavy atom. The van der Waals surface area contributed by atoms with Crippen molar-refractivity contribution in [2.45, 2.75) is 32.6 Å². The smallest absolute Gasteiger partial charge is 0.338 e. The van der Waals surface area contributed by atoms with Crippen molar-refractivity contribution in [3.05, 3.63) is 46.9 Å². The van der Waals surface area contributed by atoms with Crippen molar-refractivity contribution in [1.29, 1.82) is 0 Å². The lowest BCUT2D eigenvalue weighted by molar-refractivity contribution is 0.0526. The predicted molar refractivity (Wildman–Crippen MR) is 96.2 cm³/mol. The maximum Gasteiger partial charge on any atom is 0.338 e. The van der Waals surface area contributed by atoms with E-state index < -0.39 is 6.10 Å². The van der Waals surface area contributed by atoms with Crippen LogP contribution in [-0.4, -0.2) is 45.2 Å². The van der Waals surface area contributed by atoms with Gasteiger partial charge >= 0.3 is 5.97 Å². The van der Waals surface area contributed by atoms with E-state index >= 15 is 0 Å². The van der Waals surface area contributed by atoms with Crippen molar-refractivity contribution in [2.24, 2.45) is 4.99 Å². The molecule has 2 heterocycles. The fourth-order valence-electron chi connectivity index (χ4n) is 2.91. The number of imidazole rings is 1. The van der Waals surface area contributed by atoms with Gasteiger partial charge in [0, 0.05) is 6.54 Å². The van der Waals surface area contributed by atoms with Gasteiger partial charge in [0.25, 0.3) is 0 Å². The van der Waals surface area contributed by atoms with Crippen LogP contribution < -0.4 is 5.32 Å². The highest BCUT2D eigenvalue weighted by atomic mass is 16.5. The quantitative estimate of drug-likeness (QED) is 0.671. The first kappa shape index (κ1) is 18.1. The summed E-state index contributed by atoms with van der Waals surface area (Å²) in [5, 5.41) is 22.7. The molecule has 0 saturated heterocycles. The number of aryl methyl sites for hydroxylation is 2. The monoisotopic (exact) mass is 358 g/mol. The van der Waals surface area contributed by atoms with E-state index in [1.165, 1.54) is 0 Å². The van der Waals surface area contributed by atoms with Gasteiger partial charge in [0.15, 0.2) is 0 Å². The molecule has 1 aliphatic rings. The molecule has 0 aliphatic carbocycles. The van der Waals surface area contributed by atoms with E-state index in [0.717, 1.165) is 11.1 Å². The molecular weight excluding hydrogens is 336 g/mol. The molecule has 1 aliphatic heterocycles. The van der Waals surface area contributed by atoms with E-state index in [1.54, 1.807) is 37.8 Å². The van der Waals surface area contributed by atoms with Crippen molar-refractivity contribution in [1.82, 2.24) is 9.55 Å². The van der Waals surface area contributed by atoms with Gasteiger partial charge in [-0.15, -0.1) is 0 Å². The number of fused-ring (bicyclic) bond motifs is 1. The Morgan fingerprint density at radius 2 is 2.27 bits per heavy atom. The number of hydrogen-bond acceptors (Lipinski definition) is 7. The normalized spacial score (nSPS) is 15.9. The van der Waals surface area contributed by atoms with Crippen LogP contribution in [0.3, 0.4) is 0 Å². The number of benzene rings is 1. The summed E-state index contributed by atoms with van der Waals surface area (Å²) in [6.45, 7) is 2.80. The number of ether oxygens (including phenoxy) is 1. The maximum atomic E-state index is 11.9. The predicted octanol–water partition coefficient (Wildman–Crippen LogP) is 1.28. The number of esters is 1. The number of carbonyl (C=O) groups is 1. The first-order valence-corrected chi connectivity index (χ1v) is 8.51. The Balaban J connectivity index is 1.80. The molecule has 0 amide bonds. The van der Waals surface area contributed by atoms with Crippen molar-refractivity contribution < 1.29 is 19.7 Å². The van der Waals surface area contributed by atoms with Crippen LogP contribution in [0.2, 0.25) is 0 Å².